The zero-order chi connectivity index (χ0) is 22.3. The Morgan fingerprint density at radius 3 is 2.03 bits per heavy atom. The van der Waals surface area contributed by atoms with E-state index in [2.05, 4.69) is 10.2 Å². The molecule has 0 aliphatic heterocycles. The first kappa shape index (κ1) is 21.9. The van der Waals surface area contributed by atoms with Crippen molar-refractivity contribution in [2.75, 3.05) is 5.32 Å². The molecule has 0 aliphatic carbocycles. The predicted octanol–water partition coefficient (Wildman–Crippen LogP) is 6.33. The van der Waals surface area contributed by atoms with Crippen LogP contribution in [0.25, 0.3) is 11.5 Å². The van der Waals surface area contributed by atoms with Gasteiger partial charge < -0.3 is 4.42 Å². The summed E-state index contributed by atoms with van der Waals surface area (Å²) in [6.07, 6.45) is -10.2. The minimum absolute atomic E-state index is 0.0931. The molecular weight excluding hydrogens is 463 g/mol. The van der Waals surface area contributed by atoms with Crippen molar-refractivity contribution in [3.05, 3.63) is 63.1 Å². The van der Waals surface area contributed by atoms with Crippen LogP contribution in [0.2, 0.25) is 10.0 Å². The van der Waals surface area contributed by atoms with Crippen molar-refractivity contribution in [3.8, 4) is 11.5 Å². The van der Waals surface area contributed by atoms with Crippen LogP contribution >= 0.6 is 23.2 Å². The zero-order valence-electron chi connectivity index (χ0n) is 14.2. The van der Waals surface area contributed by atoms with Gasteiger partial charge in [-0.2, -0.15) is 26.3 Å². The zero-order valence-corrected chi connectivity index (χ0v) is 15.7. The highest BCUT2D eigenvalue weighted by atomic mass is 35.5. The topological polar surface area (TPSA) is 68.0 Å². The number of carbonyl (C=O) groups is 1. The molecule has 1 aromatic heterocycles. The van der Waals surface area contributed by atoms with E-state index in [-0.39, 0.29) is 34.7 Å². The number of amides is 1. The van der Waals surface area contributed by atoms with Crippen LogP contribution < -0.4 is 5.32 Å². The fourth-order valence-electron chi connectivity index (χ4n) is 2.30. The van der Waals surface area contributed by atoms with Crippen molar-refractivity contribution in [2.45, 2.75) is 12.4 Å². The van der Waals surface area contributed by atoms with Crippen LogP contribution in [0, 0.1) is 0 Å². The van der Waals surface area contributed by atoms with Gasteiger partial charge in [0.15, 0.2) is 0 Å². The second-order valence-corrected chi connectivity index (χ2v) is 6.63. The third-order valence-electron chi connectivity index (χ3n) is 3.66. The van der Waals surface area contributed by atoms with E-state index in [1.807, 2.05) is 5.32 Å². The number of nitrogens with one attached hydrogen (secondary N) is 1. The Hall–Kier alpha value is -2.79. The van der Waals surface area contributed by atoms with Gasteiger partial charge in [-0.1, -0.05) is 28.3 Å². The summed E-state index contributed by atoms with van der Waals surface area (Å²) < 4.78 is 82.7. The third-order valence-corrected chi connectivity index (χ3v) is 4.20. The van der Waals surface area contributed by atoms with E-state index in [0.717, 1.165) is 0 Å². The van der Waals surface area contributed by atoms with E-state index in [9.17, 15) is 31.1 Å². The fraction of sp³-hybridized carbons (Fsp3) is 0.118. The Morgan fingerprint density at radius 1 is 0.900 bits per heavy atom. The summed E-state index contributed by atoms with van der Waals surface area (Å²) in [5, 5.41) is 9.51. The van der Waals surface area contributed by atoms with E-state index >= 15 is 0 Å². The van der Waals surface area contributed by atoms with E-state index in [4.69, 9.17) is 27.6 Å². The minimum atomic E-state index is -5.10. The van der Waals surface area contributed by atoms with E-state index in [1.54, 1.807) is 0 Å². The molecule has 0 atom stereocenters. The van der Waals surface area contributed by atoms with Gasteiger partial charge in [-0.05, 0) is 36.4 Å². The Kier molecular flexibility index (Phi) is 5.70. The average molecular weight is 470 g/mol. The Bertz CT molecular complexity index is 1080. The number of halogens is 8. The fourth-order valence-corrected chi connectivity index (χ4v) is 2.79. The number of benzene rings is 2. The molecule has 0 bridgehead atoms. The summed E-state index contributed by atoms with van der Waals surface area (Å²) in [5.74, 6) is -1.48. The first-order valence-corrected chi connectivity index (χ1v) is 8.50. The number of hydrogen-bond acceptors (Lipinski definition) is 4. The molecule has 2 aromatic carbocycles. The highest BCUT2D eigenvalue weighted by Crippen LogP contribution is 2.36. The van der Waals surface area contributed by atoms with Gasteiger partial charge in [0.1, 0.15) is 0 Å². The second kappa shape index (κ2) is 7.80. The monoisotopic (exact) mass is 469 g/mol. The van der Waals surface area contributed by atoms with Crippen LogP contribution in [0.5, 0.6) is 0 Å². The molecule has 158 valence electrons. The molecular formula is C17H7Cl2F6N3O2. The maximum absolute atomic E-state index is 12.9. The molecule has 1 amide bonds. The molecule has 3 aromatic rings. The molecule has 0 unspecified atom stereocenters. The van der Waals surface area contributed by atoms with Crippen LogP contribution in [0.4, 0.5) is 32.4 Å². The van der Waals surface area contributed by atoms with Gasteiger partial charge in [0.05, 0.1) is 21.7 Å². The van der Waals surface area contributed by atoms with Gasteiger partial charge >= 0.3 is 18.4 Å². The van der Waals surface area contributed by atoms with E-state index in [0.29, 0.717) is 5.02 Å². The van der Waals surface area contributed by atoms with Crippen molar-refractivity contribution in [1.29, 1.82) is 0 Å². The van der Waals surface area contributed by atoms with Gasteiger partial charge in [0.2, 0.25) is 0 Å². The van der Waals surface area contributed by atoms with Crippen LogP contribution in [0.15, 0.2) is 40.8 Å². The Morgan fingerprint density at radius 2 is 1.50 bits per heavy atom. The normalized spacial score (nSPS) is 12.1. The lowest BCUT2D eigenvalue weighted by atomic mass is 10.0. The molecule has 0 saturated carbocycles. The van der Waals surface area contributed by atoms with Gasteiger partial charge in [-0.3, -0.25) is 10.1 Å². The number of aromatic nitrogens is 2. The third kappa shape index (κ3) is 4.85. The van der Waals surface area contributed by atoms with Crippen LogP contribution in [-0.4, -0.2) is 16.1 Å². The van der Waals surface area contributed by atoms with Crippen LogP contribution in [0.1, 0.15) is 21.5 Å². The van der Waals surface area contributed by atoms with Gasteiger partial charge in [-0.15, -0.1) is 5.10 Å². The number of rotatable bonds is 3. The van der Waals surface area contributed by atoms with Gasteiger partial charge in [0, 0.05) is 10.6 Å². The Balaban J connectivity index is 1.90. The summed E-state index contributed by atoms with van der Waals surface area (Å²) in [6.45, 7) is 0. The lowest BCUT2D eigenvalue weighted by Crippen LogP contribution is -2.17. The van der Waals surface area contributed by atoms with Crippen molar-refractivity contribution in [1.82, 2.24) is 10.2 Å². The number of anilines is 1. The number of hydrogen-bond donors (Lipinski definition) is 1. The number of alkyl halides is 6. The lowest BCUT2D eigenvalue weighted by molar-refractivity contribution is -0.143. The number of carbonyl (C=O) groups excluding carboxylic acids is 1. The summed E-state index contributed by atoms with van der Waals surface area (Å²) in [5.41, 5.74) is -3.93. The molecule has 1 N–H and O–H groups in total. The molecule has 0 aliphatic rings. The molecule has 0 radical (unpaired) electrons. The minimum Gasteiger partial charge on any atom is -0.403 e. The molecule has 13 heteroatoms. The smallest absolute Gasteiger partial charge is 0.403 e. The van der Waals surface area contributed by atoms with Crippen molar-refractivity contribution < 1.29 is 35.6 Å². The summed E-state index contributed by atoms with van der Waals surface area (Å²) in [4.78, 5) is 12.2. The van der Waals surface area contributed by atoms with Gasteiger partial charge in [0.25, 0.3) is 11.8 Å². The molecule has 0 saturated heterocycles. The lowest BCUT2D eigenvalue weighted by Gasteiger charge is -2.13. The quantitative estimate of drug-likeness (QED) is 0.455. The van der Waals surface area contributed by atoms with Crippen LogP contribution in [0.3, 0.4) is 0 Å². The summed E-state index contributed by atoms with van der Waals surface area (Å²) in [6, 6.07) is 4.17. The molecule has 1 heterocycles. The first-order chi connectivity index (χ1) is 13.8. The average Bonchev–Trinajstić information content (AvgIpc) is 3.08. The first-order valence-electron chi connectivity index (χ1n) is 7.74. The largest absolute Gasteiger partial charge is 0.416 e. The predicted molar refractivity (Wildman–Crippen MR) is 94.2 cm³/mol. The molecule has 3 rings (SSSR count). The summed E-state index contributed by atoms with van der Waals surface area (Å²) in [7, 11) is 0. The number of nitrogens with zero attached hydrogens (tertiary/aromatic N) is 2. The SMILES string of the molecule is O=C(Nc1nnc(-c2ccc(Cl)cc2Cl)o1)c1cc(C(F)(F)F)cc(C(F)(F)F)c1. The molecule has 30 heavy (non-hydrogen) atoms. The second-order valence-electron chi connectivity index (χ2n) is 5.79. The highest BCUT2D eigenvalue weighted by Gasteiger charge is 2.37. The van der Waals surface area contributed by atoms with Crippen molar-refractivity contribution in [2.24, 2.45) is 0 Å². The standard InChI is InChI=1S/C17H7Cl2F6N3O2/c18-10-1-2-11(12(19)6-10)14-27-28-15(30-14)26-13(29)7-3-8(16(20,21)22)5-9(4-7)17(23,24)25/h1-6H,(H,26,28,29). The van der Waals surface area contributed by atoms with Crippen LogP contribution in [-0.2, 0) is 12.4 Å². The summed E-state index contributed by atoms with van der Waals surface area (Å²) >= 11 is 11.8. The van der Waals surface area contributed by atoms with E-state index in [1.165, 1.54) is 18.2 Å². The maximum Gasteiger partial charge on any atom is 0.416 e. The Labute approximate surface area is 173 Å². The van der Waals surface area contributed by atoms with Crippen molar-refractivity contribution >= 4 is 35.1 Å². The van der Waals surface area contributed by atoms with Crippen molar-refractivity contribution in [3.63, 3.8) is 0 Å². The molecule has 0 spiro atoms. The van der Waals surface area contributed by atoms with E-state index < -0.39 is 41.0 Å². The highest BCUT2D eigenvalue weighted by molar-refractivity contribution is 6.36. The molecule has 0 fully saturated rings. The maximum atomic E-state index is 12.9. The molecule has 5 nitrogen and oxygen atoms in total. The van der Waals surface area contributed by atoms with Gasteiger partial charge in [-0.25, -0.2) is 0 Å².